The number of hydrogen-bond donors (Lipinski definition) is 2. The van der Waals surface area contributed by atoms with Crippen molar-refractivity contribution in [3.8, 4) is 0 Å². The molecule has 9 nitrogen and oxygen atoms in total. The quantitative estimate of drug-likeness (QED) is 0.161. The van der Waals surface area contributed by atoms with E-state index in [4.69, 9.17) is 32.7 Å². The summed E-state index contributed by atoms with van der Waals surface area (Å²) in [5.41, 5.74) is 2.03. The van der Waals surface area contributed by atoms with Crippen molar-refractivity contribution in [3.63, 3.8) is 0 Å². The molecule has 0 saturated heterocycles. The molecule has 1 unspecified atom stereocenters. The third kappa shape index (κ3) is 13.1. The zero-order valence-corrected chi connectivity index (χ0v) is 36.7. The van der Waals surface area contributed by atoms with Gasteiger partial charge in [-0.3, -0.25) is 19.2 Å². The second-order valence-corrected chi connectivity index (χ2v) is 16.7. The van der Waals surface area contributed by atoms with Crippen LogP contribution in [-0.2, 0) is 39.5 Å². The van der Waals surface area contributed by atoms with Crippen LogP contribution in [0.5, 0.6) is 0 Å². The van der Waals surface area contributed by atoms with Gasteiger partial charge in [-0.25, -0.2) is 0 Å². The Morgan fingerprint density at radius 2 is 1.53 bits per heavy atom. The maximum atomic E-state index is 12.8. The number of halogens is 4. The van der Waals surface area contributed by atoms with E-state index in [2.05, 4.69) is 57.9 Å². The molecule has 2 aromatic carbocycles. The molecule has 0 aromatic heterocycles. The first-order valence-corrected chi connectivity index (χ1v) is 20.3. The second kappa shape index (κ2) is 21.6. The number of carbonyl (C=O) groups excluding carboxylic acids is 4. The van der Waals surface area contributed by atoms with Crippen LogP contribution in [0.15, 0.2) is 57.1 Å². The Hall–Kier alpha value is -2.44. The van der Waals surface area contributed by atoms with E-state index in [-0.39, 0.29) is 73.9 Å². The zero-order chi connectivity index (χ0) is 40.1. The largest absolute Gasteiger partial charge is 0.466 e. The molecule has 1 aliphatic rings. The van der Waals surface area contributed by atoms with Gasteiger partial charge < -0.3 is 24.8 Å². The van der Waals surface area contributed by atoms with Crippen LogP contribution in [0.3, 0.4) is 0 Å². The van der Waals surface area contributed by atoms with Gasteiger partial charge >= 0.3 is 11.9 Å². The number of benzene rings is 2. The average Bonchev–Trinajstić information content (AvgIpc) is 3.07. The molecule has 0 bridgehead atoms. The van der Waals surface area contributed by atoms with Gasteiger partial charge in [-0.05, 0) is 104 Å². The molecule has 1 aliphatic heterocycles. The first kappa shape index (κ1) is 46.7. The summed E-state index contributed by atoms with van der Waals surface area (Å²) >= 11 is 19.4. The van der Waals surface area contributed by atoms with Gasteiger partial charge in [0.15, 0.2) is 0 Å². The fourth-order valence-corrected chi connectivity index (χ4v) is 7.65. The minimum absolute atomic E-state index is 0.000222. The lowest BCUT2D eigenvalue weighted by molar-refractivity contribution is -0.144. The van der Waals surface area contributed by atoms with Gasteiger partial charge in [0.1, 0.15) is 0 Å². The molecule has 0 fully saturated rings. The van der Waals surface area contributed by atoms with Crippen LogP contribution in [0, 0.1) is 17.8 Å². The molecule has 2 aromatic rings. The molecule has 0 aliphatic carbocycles. The highest BCUT2D eigenvalue weighted by atomic mass is 79.9. The lowest BCUT2D eigenvalue weighted by Crippen LogP contribution is -2.42. The van der Waals surface area contributed by atoms with E-state index in [1.165, 1.54) is 0 Å². The smallest absolute Gasteiger partial charge is 0.307 e. The Morgan fingerprint density at radius 3 is 2.04 bits per heavy atom. The Morgan fingerprint density at radius 1 is 0.962 bits per heavy atom. The molecule has 2 amide bonds. The summed E-state index contributed by atoms with van der Waals surface area (Å²) in [5.74, 6) is -0.524. The maximum Gasteiger partial charge on any atom is 0.307 e. The van der Waals surface area contributed by atoms with Crippen LogP contribution in [0.2, 0.25) is 10.0 Å². The summed E-state index contributed by atoms with van der Waals surface area (Å²) in [6, 6.07) is 11.5. The number of nitrogens with one attached hydrogen (secondary N) is 1. The predicted octanol–water partition coefficient (Wildman–Crippen LogP) is 9.17. The first-order chi connectivity index (χ1) is 24.8. The minimum atomic E-state index is -0.610. The predicted molar refractivity (Wildman–Crippen MR) is 218 cm³/mol. The van der Waals surface area contributed by atoms with Gasteiger partial charge in [-0.2, -0.15) is 0 Å². The fraction of sp³-hybridized carbons (Fsp3) is 0.550. The lowest BCUT2D eigenvalue weighted by atomic mass is 9.65. The summed E-state index contributed by atoms with van der Waals surface area (Å²) < 4.78 is 11.4. The highest BCUT2D eigenvalue weighted by Gasteiger charge is 2.41. The molecule has 53 heavy (non-hydrogen) atoms. The third-order valence-electron chi connectivity index (χ3n) is 9.68. The highest BCUT2D eigenvalue weighted by molar-refractivity contribution is 9.10. The number of ether oxygens (including phenoxy) is 2. The Kier molecular flexibility index (Phi) is 19.0. The van der Waals surface area contributed by atoms with E-state index in [0.29, 0.717) is 36.2 Å². The number of esters is 2. The highest BCUT2D eigenvalue weighted by Crippen LogP contribution is 2.44. The van der Waals surface area contributed by atoms with Gasteiger partial charge in [0.2, 0.25) is 11.8 Å². The number of carbonyl (C=O) groups is 4. The molecule has 294 valence electrons. The lowest BCUT2D eigenvalue weighted by Gasteiger charge is -2.41. The van der Waals surface area contributed by atoms with Gasteiger partial charge in [0.05, 0.1) is 36.1 Å². The maximum absolute atomic E-state index is 12.8. The zero-order valence-electron chi connectivity index (χ0n) is 32.0. The SMILES string of the molecule is CCOC(=O)CCN1C=C(C(C)C)[C@](C)(c2ccc(Br)c(Cl)c2)CC1=O.CCOC(=O)CCNC(=O)C[C@@](C)(c1ccc(Br)c(Cl)c1)C(CO)C(C)C. The van der Waals surface area contributed by atoms with Crippen LogP contribution in [0.4, 0.5) is 0 Å². The third-order valence-corrected chi connectivity index (χ3v) is 12.1. The van der Waals surface area contributed by atoms with E-state index >= 15 is 0 Å². The number of rotatable bonds is 16. The summed E-state index contributed by atoms with van der Waals surface area (Å²) in [5, 5.41) is 14.0. The normalized spacial score (nSPS) is 17.4. The molecule has 0 spiro atoms. The Balaban J connectivity index is 0.000000367. The summed E-state index contributed by atoms with van der Waals surface area (Å²) in [7, 11) is 0. The van der Waals surface area contributed by atoms with Crippen LogP contribution >= 0.6 is 55.1 Å². The Labute approximate surface area is 341 Å². The molecule has 3 rings (SSSR count). The average molecular weight is 906 g/mol. The van der Waals surface area contributed by atoms with Gasteiger partial charge in [-0.1, -0.05) is 76.9 Å². The van der Waals surface area contributed by atoms with Crippen molar-refractivity contribution in [3.05, 3.63) is 78.3 Å². The fourth-order valence-electron chi connectivity index (χ4n) is 6.80. The van der Waals surface area contributed by atoms with Crippen LogP contribution in [0.25, 0.3) is 0 Å². The van der Waals surface area contributed by atoms with Gasteiger partial charge in [0.25, 0.3) is 0 Å². The van der Waals surface area contributed by atoms with Crippen molar-refractivity contribution in [1.29, 1.82) is 0 Å². The molecule has 3 atom stereocenters. The molecular formula is C40H54Br2Cl2N2O7. The van der Waals surface area contributed by atoms with Crippen molar-refractivity contribution in [2.24, 2.45) is 17.8 Å². The van der Waals surface area contributed by atoms with Gasteiger partial charge in [0, 0.05) is 58.5 Å². The van der Waals surface area contributed by atoms with Crippen molar-refractivity contribution in [2.45, 2.75) is 91.9 Å². The van der Waals surface area contributed by atoms with Crippen molar-refractivity contribution < 1.29 is 33.8 Å². The van der Waals surface area contributed by atoms with Crippen LogP contribution in [0.1, 0.15) is 92.2 Å². The van der Waals surface area contributed by atoms with Crippen LogP contribution < -0.4 is 5.32 Å². The molecule has 0 saturated carbocycles. The van der Waals surface area contributed by atoms with E-state index in [0.717, 1.165) is 25.6 Å². The van der Waals surface area contributed by atoms with Crippen molar-refractivity contribution >= 4 is 78.8 Å². The monoisotopic (exact) mass is 902 g/mol. The Bertz CT molecular complexity index is 1620. The number of nitrogens with zero attached hydrogens (tertiary/aromatic N) is 1. The van der Waals surface area contributed by atoms with Crippen LogP contribution in [-0.4, -0.2) is 66.7 Å². The van der Waals surface area contributed by atoms with E-state index in [1.807, 2.05) is 63.4 Å². The summed E-state index contributed by atoms with van der Waals surface area (Å²) in [6.07, 6.45) is 2.76. The number of aliphatic hydroxyl groups is 1. The number of hydrogen-bond acceptors (Lipinski definition) is 7. The molecule has 1 heterocycles. The standard InChI is InChI=1S/C20H29BrClNO4.C20H25BrClNO3/c1-5-27-19(26)8-9-23-18(25)11-20(4,15(12-24)13(2)3)14-6-7-16(21)17(22)10-14;1-5-26-19(25)8-9-23-12-15(13(2)3)20(4,11-18(23)24)14-6-7-16(21)17(22)10-14/h6-7,10,13,15,24H,5,8-9,11-12H2,1-4H3,(H,23,25);6-7,10,12-13H,5,8-9,11H2,1-4H3/t15?,20-;20-/m00/s1. The van der Waals surface area contributed by atoms with E-state index in [9.17, 15) is 24.3 Å². The number of aliphatic hydroxyl groups excluding tert-OH is 1. The molecular weight excluding hydrogens is 851 g/mol. The molecule has 0 radical (unpaired) electrons. The van der Waals surface area contributed by atoms with Crippen molar-refractivity contribution in [1.82, 2.24) is 10.2 Å². The number of allylic oxidation sites excluding steroid dienone is 1. The molecule has 13 heteroatoms. The minimum Gasteiger partial charge on any atom is -0.466 e. The summed E-state index contributed by atoms with van der Waals surface area (Å²) in [6.45, 7) is 17.0. The number of amides is 2. The van der Waals surface area contributed by atoms with Gasteiger partial charge in [-0.15, -0.1) is 0 Å². The van der Waals surface area contributed by atoms with Crippen molar-refractivity contribution in [2.75, 3.05) is 32.9 Å². The van der Waals surface area contributed by atoms with E-state index < -0.39 is 10.8 Å². The summed E-state index contributed by atoms with van der Waals surface area (Å²) in [4.78, 5) is 50.0. The second-order valence-electron chi connectivity index (χ2n) is 14.2. The van der Waals surface area contributed by atoms with E-state index in [1.54, 1.807) is 18.7 Å². The first-order valence-electron chi connectivity index (χ1n) is 18.0. The topological polar surface area (TPSA) is 122 Å². The molecule has 2 N–H and O–H groups in total.